The number of carbonyl (C=O) groups is 1. The van der Waals surface area contributed by atoms with Crippen LogP contribution >= 0.6 is 0 Å². The highest BCUT2D eigenvalue weighted by atomic mass is 16.3. The number of aliphatic hydroxyl groups is 1. The summed E-state index contributed by atoms with van der Waals surface area (Å²) in [4.78, 5) is 18.9. The molecule has 1 amide bonds. The van der Waals surface area contributed by atoms with Gasteiger partial charge in [-0.3, -0.25) is 9.78 Å². The van der Waals surface area contributed by atoms with Gasteiger partial charge in [-0.2, -0.15) is 0 Å². The SMILES string of the molecule is CCc1ccc(C(=O)N2CC[C@H](O)[C@@H]2Cc2ccccc2)cn1. The molecule has 0 radical (unpaired) electrons. The number of pyridine rings is 1. The molecule has 1 aliphatic heterocycles. The van der Waals surface area contributed by atoms with Crippen LogP contribution in [0.4, 0.5) is 0 Å². The Morgan fingerprint density at radius 2 is 2.04 bits per heavy atom. The van der Waals surface area contributed by atoms with E-state index in [2.05, 4.69) is 4.98 Å². The summed E-state index contributed by atoms with van der Waals surface area (Å²) in [6.45, 7) is 2.63. The highest BCUT2D eigenvalue weighted by Crippen LogP contribution is 2.24. The molecule has 120 valence electrons. The summed E-state index contributed by atoms with van der Waals surface area (Å²) >= 11 is 0. The third-order valence-electron chi connectivity index (χ3n) is 4.49. The number of nitrogens with zero attached hydrogens (tertiary/aromatic N) is 2. The molecule has 0 saturated carbocycles. The molecule has 4 heteroatoms. The quantitative estimate of drug-likeness (QED) is 0.944. The fourth-order valence-electron chi connectivity index (χ4n) is 3.12. The predicted octanol–water partition coefficient (Wildman–Crippen LogP) is 2.46. The number of amides is 1. The molecule has 2 atom stereocenters. The molecule has 1 fully saturated rings. The van der Waals surface area contributed by atoms with Crippen molar-refractivity contribution in [1.82, 2.24) is 9.88 Å². The van der Waals surface area contributed by atoms with E-state index in [1.165, 1.54) is 0 Å². The summed E-state index contributed by atoms with van der Waals surface area (Å²) in [7, 11) is 0. The number of benzene rings is 1. The summed E-state index contributed by atoms with van der Waals surface area (Å²) in [5.74, 6) is -0.0439. The van der Waals surface area contributed by atoms with Gasteiger partial charge in [0.25, 0.3) is 5.91 Å². The van der Waals surface area contributed by atoms with Gasteiger partial charge in [0.1, 0.15) is 0 Å². The molecule has 1 saturated heterocycles. The minimum Gasteiger partial charge on any atom is -0.391 e. The van der Waals surface area contributed by atoms with Gasteiger partial charge >= 0.3 is 0 Å². The average molecular weight is 310 g/mol. The summed E-state index contributed by atoms with van der Waals surface area (Å²) in [6.07, 6.45) is 3.33. The standard InChI is InChI=1S/C19H22N2O2/c1-2-16-9-8-15(13-20-16)19(23)21-11-10-18(22)17(21)12-14-6-4-3-5-7-14/h3-9,13,17-18,22H,2,10-12H2,1H3/t17-,18-/m0/s1. The van der Waals surface area contributed by atoms with Crippen LogP contribution in [0, 0.1) is 0 Å². The van der Waals surface area contributed by atoms with E-state index in [4.69, 9.17) is 0 Å². The van der Waals surface area contributed by atoms with E-state index in [1.807, 2.05) is 49.4 Å². The Balaban J connectivity index is 1.77. The van der Waals surface area contributed by atoms with Crippen molar-refractivity contribution in [1.29, 1.82) is 0 Å². The van der Waals surface area contributed by atoms with Crippen molar-refractivity contribution < 1.29 is 9.90 Å². The van der Waals surface area contributed by atoms with Crippen molar-refractivity contribution in [2.45, 2.75) is 38.3 Å². The second-order valence-electron chi connectivity index (χ2n) is 6.00. The first kappa shape index (κ1) is 15.7. The predicted molar refractivity (Wildman–Crippen MR) is 89.2 cm³/mol. The normalized spacial score (nSPS) is 20.7. The van der Waals surface area contributed by atoms with Gasteiger partial charge in [0.05, 0.1) is 17.7 Å². The monoisotopic (exact) mass is 310 g/mol. The van der Waals surface area contributed by atoms with E-state index in [1.54, 1.807) is 11.1 Å². The van der Waals surface area contributed by atoms with Crippen LogP contribution in [0.25, 0.3) is 0 Å². The summed E-state index contributed by atoms with van der Waals surface area (Å²) in [5, 5.41) is 10.3. The molecular formula is C19H22N2O2. The zero-order valence-electron chi connectivity index (χ0n) is 13.4. The van der Waals surface area contributed by atoms with Crippen LogP contribution in [-0.4, -0.2) is 39.6 Å². The summed E-state index contributed by atoms with van der Waals surface area (Å²) in [6, 6.07) is 13.6. The third-order valence-corrected chi connectivity index (χ3v) is 4.49. The Labute approximate surface area is 136 Å². The van der Waals surface area contributed by atoms with Gasteiger partial charge in [0.15, 0.2) is 0 Å². The van der Waals surface area contributed by atoms with E-state index in [9.17, 15) is 9.90 Å². The van der Waals surface area contributed by atoms with E-state index < -0.39 is 6.10 Å². The molecular weight excluding hydrogens is 288 g/mol. The van der Waals surface area contributed by atoms with Crippen LogP contribution in [-0.2, 0) is 12.8 Å². The topological polar surface area (TPSA) is 53.4 Å². The first-order valence-corrected chi connectivity index (χ1v) is 8.17. The molecule has 2 heterocycles. The second-order valence-corrected chi connectivity index (χ2v) is 6.00. The smallest absolute Gasteiger partial charge is 0.255 e. The van der Waals surface area contributed by atoms with Crippen LogP contribution < -0.4 is 0 Å². The molecule has 1 aromatic heterocycles. The van der Waals surface area contributed by atoms with Crippen LogP contribution in [0.15, 0.2) is 48.7 Å². The highest BCUT2D eigenvalue weighted by Gasteiger charge is 2.36. The molecule has 0 aliphatic carbocycles. The van der Waals surface area contributed by atoms with E-state index in [0.717, 1.165) is 17.7 Å². The number of aromatic nitrogens is 1. The van der Waals surface area contributed by atoms with Gasteiger partial charge in [-0.15, -0.1) is 0 Å². The Hall–Kier alpha value is -2.20. The molecule has 23 heavy (non-hydrogen) atoms. The van der Waals surface area contributed by atoms with Crippen molar-refractivity contribution in [3.05, 3.63) is 65.5 Å². The maximum Gasteiger partial charge on any atom is 0.255 e. The van der Waals surface area contributed by atoms with Crippen molar-refractivity contribution in [3.8, 4) is 0 Å². The lowest BCUT2D eigenvalue weighted by atomic mass is 10.0. The number of hydrogen-bond acceptors (Lipinski definition) is 3. The summed E-state index contributed by atoms with van der Waals surface area (Å²) < 4.78 is 0. The Morgan fingerprint density at radius 1 is 1.26 bits per heavy atom. The van der Waals surface area contributed by atoms with Crippen molar-refractivity contribution in [3.63, 3.8) is 0 Å². The van der Waals surface area contributed by atoms with Gasteiger partial charge in [-0.1, -0.05) is 37.3 Å². The Bertz CT molecular complexity index is 655. The van der Waals surface area contributed by atoms with E-state index >= 15 is 0 Å². The van der Waals surface area contributed by atoms with E-state index in [0.29, 0.717) is 24.9 Å². The maximum atomic E-state index is 12.8. The molecule has 2 aromatic rings. The molecule has 3 rings (SSSR count). The molecule has 0 unspecified atom stereocenters. The minimum atomic E-state index is -0.470. The Morgan fingerprint density at radius 3 is 2.70 bits per heavy atom. The van der Waals surface area contributed by atoms with Gasteiger partial charge in [-0.25, -0.2) is 0 Å². The number of rotatable bonds is 4. The zero-order valence-corrected chi connectivity index (χ0v) is 13.4. The second kappa shape index (κ2) is 6.92. The Kier molecular flexibility index (Phi) is 4.72. The largest absolute Gasteiger partial charge is 0.391 e. The van der Waals surface area contributed by atoms with Crippen molar-refractivity contribution in [2.75, 3.05) is 6.54 Å². The molecule has 4 nitrogen and oxygen atoms in total. The zero-order chi connectivity index (χ0) is 16.2. The van der Waals surface area contributed by atoms with E-state index in [-0.39, 0.29) is 11.9 Å². The van der Waals surface area contributed by atoms with Crippen LogP contribution in [0.2, 0.25) is 0 Å². The van der Waals surface area contributed by atoms with Crippen molar-refractivity contribution >= 4 is 5.91 Å². The molecule has 1 N–H and O–H groups in total. The van der Waals surface area contributed by atoms with Crippen LogP contribution in [0.3, 0.4) is 0 Å². The fraction of sp³-hybridized carbons (Fsp3) is 0.368. The minimum absolute atomic E-state index is 0.0439. The van der Waals surface area contributed by atoms with Crippen LogP contribution in [0.1, 0.15) is 35.0 Å². The number of hydrogen-bond donors (Lipinski definition) is 1. The van der Waals surface area contributed by atoms with Gasteiger partial charge < -0.3 is 10.0 Å². The highest BCUT2D eigenvalue weighted by molar-refractivity contribution is 5.94. The first-order valence-electron chi connectivity index (χ1n) is 8.17. The third kappa shape index (κ3) is 3.42. The number of aliphatic hydroxyl groups excluding tert-OH is 1. The lowest BCUT2D eigenvalue weighted by Crippen LogP contribution is -2.41. The fourth-order valence-corrected chi connectivity index (χ4v) is 3.12. The summed E-state index contributed by atoms with van der Waals surface area (Å²) in [5.41, 5.74) is 2.70. The molecule has 1 aromatic carbocycles. The van der Waals surface area contributed by atoms with Crippen molar-refractivity contribution in [2.24, 2.45) is 0 Å². The average Bonchev–Trinajstić information content (AvgIpc) is 2.96. The maximum absolute atomic E-state index is 12.8. The molecule has 0 bridgehead atoms. The van der Waals surface area contributed by atoms with Gasteiger partial charge in [0, 0.05) is 18.4 Å². The van der Waals surface area contributed by atoms with Gasteiger partial charge in [0.2, 0.25) is 0 Å². The number of carbonyl (C=O) groups excluding carboxylic acids is 1. The lowest BCUT2D eigenvalue weighted by Gasteiger charge is -2.26. The van der Waals surface area contributed by atoms with Crippen LogP contribution in [0.5, 0.6) is 0 Å². The number of aryl methyl sites for hydroxylation is 1. The molecule has 1 aliphatic rings. The first-order chi connectivity index (χ1) is 11.2. The lowest BCUT2D eigenvalue weighted by molar-refractivity contribution is 0.0639. The molecule has 0 spiro atoms. The van der Waals surface area contributed by atoms with Gasteiger partial charge in [-0.05, 0) is 37.0 Å². The number of likely N-dealkylation sites (tertiary alicyclic amines) is 1.